The van der Waals surface area contributed by atoms with Gasteiger partial charge in [-0.05, 0) is 73.0 Å². The van der Waals surface area contributed by atoms with E-state index in [-0.39, 0.29) is 22.9 Å². The molecular formula is C34H58O12. The highest BCUT2D eigenvalue weighted by Crippen LogP contribution is 2.67. The van der Waals surface area contributed by atoms with E-state index >= 15 is 0 Å². The first-order chi connectivity index (χ1) is 21.5. The van der Waals surface area contributed by atoms with Gasteiger partial charge in [-0.3, -0.25) is 4.79 Å². The zero-order chi connectivity index (χ0) is 33.8. The summed E-state index contributed by atoms with van der Waals surface area (Å²) in [6, 6.07) is 0. The molecule has 266 valence electrons. The van der Waals surface area contributed by atoms with Gasteiger partial charge in [0.15, 0.2) is 12.6 Å². The molecule has 16 atom stereocenters. The Bertz CT molecular complexity index is 1060. The van der Waals surface area contributed by atoms with Crippen LogP contribution in [-0.4, -0.2) is 123 Å². The standard InChI is InChI=1S/C34H58O12/c1-17-6-7-22-33(4,11-8-21-32(2,3)23(36)9-12-34(21,22)5)14-18(17)10-13-43-30-28(41)27(40)25(38)20(46-30)16-44-31-29(42)26(39)24(37)19(15-35)45-31/h17-22,24-31,35,37-42H,6-16H2,1-5H3/t17-,18-,19+,20+,21?,22?,24+,25+,26-,27-,28+,29+,30+,31+,33+,34+/m0/s1. The molecule has 0 radical (unpaired) electrons. The molecule has 5 fully saturated rings. The third-order valence-corrected chi connectivity index (χ3v) is 13.1. The van der Waals surface area contributed by atoms with Crippen LogP contribution in [0.15, 0.2) is 0 Å². The van der Waals surface area contributed by atoms with Crippen molar-refractivity contribution in [3.05, 3.63) is 0 Å². The number of carbonyl (C=O) groups excluding carboxylic acids is 1. The largest absolute Gasteiger partial charge is 0.394 e. The predicted octanol–water partition coefficient (Wildman–Crippen LogP) is 0.881. The molecule has 7 N–H and O–H groups in total. The van der Waals surface area contributed by atoms with Crippen LogP contribution in [0.2, 0.25) is 0 Å². The van der Waals surface area contributed by atoms with Gasteiger partial charge in [-0.15, -0.1) is 0 Å². The number of hydrogen-bond acceptors (Lipinski definition) is 12. The SMILES string of the molecule is C[C@H]1CCC2[C@](C)(CCC3C(C)(C)C(=O)CC[C@]32C)C[C@@H]1CCO[C@@H]1O[C@H](CO[C@@H]2O[C@H](CO)[C@@H](O)[C@H](O)[C@H]2O)[C@@H](O)[C@H](O)[C@H]1O. The Morgan fingerprint density at radius 1 is 0.761 bits per heavy atom. The van der Waals surface area contributed by atoms with Gasteiger partial charge < -0.3 is 54.7 Å². The molecule has 3 saturated carbocycles. The second-order valence-corrected chi connectivity index (χ2v) is 16.2. The van der Waals surface area contributed by atoms with Crippen molar-refractivity contribution in [1.82, 2.24) is 0 Å². The smallest absolute Gasteiger partial charge is 0.186 e. The maximum absolute atomic E-state index is 12.9. The van der Waals surface area contributed by atoms with Crippen molar-refractivity contribution in [3.8, 4) is 0 Å². The van der Waals surface area contributed by atoms with Crippen molar-refractivity contribution in [3.63, 3.8) is 0 Å². The average molecular weight is 659 g/mol. The summed E-state index contributed by atoms with van der Waals surface area (Å²) in [6.45, 7) is 10.8. The Hall–Kier alpha value is -0.770. The van der Waals surface area contributed by atoms with Crippen molar-refractivity contribution in [1.29, 1.82) is 0 Å². The molecule has 0 aromatic rings. The lowest BCUT2D eigenvalue weighted by molar-refractivity contribution is -0.331. The molecule has 0 amide bonds. The van der Waals surface area contributed by atoms with Crippen LogP contribution in [0.5, 0.6) is 0 Å². The van der Waals surface area contributed by atoms with E-state index in [1.165, 1.54) is 0 Å². The lowest BCUT2D eigenvalue weighted by atomic mass is 9.42. The first-order valence-electron chi connectivity index (χ1n) is 17.3. The molecule has 5 rings (SSSR count). The molecule has 12 heteroatoms. The van der Waals surface area contributed by atoms with Gasteiger partial charge in [-0.25, -0.2) is 0 Å². The van der Waals surface area contributed by atoms with E-state index in [1.54, 1.807) is 0 Å². The molecule has 46 heavy (non-hydrogen) atoms. The average Bonchev–Trinajstić information content (AvgIpc) is 3.14. The van der Waals surface area contributed by atoms with Gasteiger partial charge in [0.05, 0.1) is 19.8 Å². The Kier molecular flexibility index (Phi) is 11.0. The number of aliphatic hydroxyl groups is 7. The third-order valence-electron chi connectivity index (χ3n) is 13.1. The van der Waals surface area contributed by atoms with Crippen LogP contribution in [0.25, 0.3) is 0 Å². The van der Waals surface area contributed by atoms with E-state index in [2.05, 4.69) is 34.6 Å². The number of ketones is 1. The van der Waals surface area contributed by atoms with Gasteiger partial charge in [-0.2, -0.15) is 0 Å². The van der Waals surface area contributed by atoms with Crippen LogP contribution in [0.1, 0.15) is 86.0 Å². The Morgan fingerprint density at radius 2 is 1.37 bits per heavy atom. The van der Waals surface area contributed by atoms with Crippen LogP contribution in [0.4, 0.5) is 0 Å². The summed E-state index contributed by atoms with van der Waals surface area (Å²) in [5, 5.41) is 71.5. The summed E-state index contributed by atoms with van der Waals surface area (Å²) in [7, 11) is 0. The monoisotopic (exact) mass is 658 g/mol. The summed E-state index contributed by atoms with van der Waals surface area (Å²) in [4.78, 5) is 12.9. The fourth-order valence-corrected chi connectivity index (χ4v) is 10.1. The number of carbonyl (C=O) groups is 1. The Balaban J connectivity index is 1.18. The predicted molar refractivity (Wildman–Crippen MR) is 164 cm³/mol. The van der Waals surface area contributed by atoms with Crippen molar-refractivity contribution in [2.45, 2.75) is 147 Å². The number of ether oxygens (including phenoxy) is 4. The van der Waals surface area contributed by atoms with E-state index in [0.29, 0.717) is 35.9 Å². The maximum Gasteiger partial charge on any atom is 0.186 e. The highest BCUT2D eigenvalue weighted by molar-refractivity contribution is 5.85. The zero-order valence-electron chi connectivity index (χ0n) is 28.0. The quantitative estimate of drug-likeness (QED) is 0.195. The second-order valence-electron chi connectivity index (χ2n) is 16.2. The molecule has 0 aromatic heterocycles. The third kappa shape index (κ3) is 6.58. The minimum Gasteiger partial charge on any atom is -0.394 e. The second kappa shape index (κ2) is 13.9. The maximum atomic E-state index is 12.9. The van der Waals surface area contributed by atoms with Crippen molar-refractivity contribution >= 4 is 5.78 Å². The van der Waals surface area contributed by atoms with Crippen LogP contribution >= 0.6 is 0 Å². The highest BCUT2D eigenvalue weighted by atomic mass is 16.7. The molecule has 0 bridgehead atoms. The molecule has 12 nitrogen and oxygen atoms in total. The van der Waals surface area contributed by atoms with E-state index < -0.39 is 74.6 Å². The number of fused-ring (bicyclic) bond motifs is 3. The van der Waals surface area contributed by atoms with E-state index in [0.717, 1.165) is 44.9 Å². The normalized spacial score (nSPS) is 51.2. The molecule has 0 spiro atoms. The van der Waals surface area contributed by atoms with E-state index in [1.807, 2.05) is 0 Å². The lowest BCUT2D eigenvalue weighted by Gasteiger charge is -2.62. The van der Waals surface area contributed by atoms with Crippen LogP contribution in [-0.2, 0) is 23.7 Å². The topological polar surface area (TPSA) is 196 Å². The lowest BCUT2D eigenvalue weighted by Crippen LogP contribution is -2.61. The summed E-state index contributed by atoms with van der Waals surface area (Å²) >= 11 is 0. The van der Waals surface area contributed by atoms with Crippen LogP contribution in [0, 0.1) is 39.9 Å². The van der Waals surface area contributed by atoms with Gasteiger partial charge in [0.2, 0.25) is 0 Å². The Labute approximate surface area is 272 Å². The summed E-state index contributed by atoms with van der Waals surface area (Å²) < 4.78 is 22.7. The molecule has 2 saturated heterocycles. The van der Waals surface area contributed by atoms with Crippen LogP contribution < -0.4 is 0 Å². The first kappa shape index (κ1) is 36.5. The number of rotatable bonds is 8. The fourth-order valence-electron chi connectivity index (χ4n) is 10.1. The van der Waals surface area contributed by atoms with E-state index in [9.17, 15) is 40.5 Å². The molecule has 2 unspecified atom stereocenters. The van der Waals surface area contributed by atoms with Gasteiger partial charge in [0.1, 0.15) is 54.6 Å². The molecule has 2 aliphatic heterocycles. The molecule has 2 heterocycles. The van der Waals surface area contributed by atoms with Gasteiger partial charge >= 0.3 is 0 Å². The van der Waals surface area contributed by atoms with Gasteiger partial charge in [0, 0.05) is 11.8 Å². The van der Waals surface area contributed by atoms with Gasteiger partial charge in [-0.1, -0.05) is 41.0 Å². The fraction of sp³-hybridized carbons (Fsp3) is 0.971. The highest BCUT2D eigenvalue weighted by Gasteiger charge is 2.61. The summed E-state index contributed by atoms with van der Waals surface area (Å²) in [5.74, 6) is 2.21. The van der Waals surface area contributed by atoms with Crippen molar-refractivity contribution in [2.75, 3.05) is 19.8 Å². The minimum atomic E-state index is -1.63. The Morgan fingerprint density at radius 3 is 2.02 bits per heavy atom. The number of aliphatic hydroxyl groups excluding tert-OH is 7. The minimum absolute atomic E-state index is 0.138. The van der Waals surface area contributed by atoms with Crippen molar-refractivity contribution < 1.29 is 59.5 Å². The molecule has 3 aliphatic carbocycles. The number of hydrogen-bond donors (Lipinski definition) is 7. The van der Waals surface area contributed by atoms with E-state index in [4.69, 9.17) is 18.9 Å². The molecule has 5 aliphatic rings. The molecule has 0 aromatic carbocycles. The van der Waals surface area contributed by atoms with Crippen LogP contribution in [0.3, 0.4) is 0 Å². The van der Waals surface area contributed by atoms with Crippen molar-refractivity contribution in [2.24, 2.45) is 39.9 Å². The summed E-state index contributed by atoms with van der Waals surface area (Å²) in [6.07, 6.45) is -6.56. The zero-order valence-corrected chi connectivity index (χ0v) is 28.0. The summed E-state index contributed by atoms with van der Waals surface area (Å²) in [5.41, 5.74) is 0.0145. The van der Waals surface area contributed by atoms with Gasteiger partial charge in [0.25, 0.3) is 0 Å². The molecular weight excluding hydrogens is 600 g/mol. The first-order valence-corrected chi connectivity index (χ1v) is 17.3. The number of Topliss-reactive ketones (excluding diaryl/α,β-unsaturated/α-hetero) is 1.